The van der Waals surface area contributed by atoms with Crippen LogP contribution in [-0.4, -0.2) is 19.1 Å². The van der Waals surface area contributed by atoms with E-state index in [-0.39, 0.29) is 11.7 Å². The minimum Gasteiger partial charge on any atom is -0.497 e. The summed E-state index contributed by atoms with van der Waals surface area (Å²) in [5.74, 6) is -4.08. The van der Waals surface area contributed by atoms with Gasteiger partial charge in [-0.2, -0.15) is 0 Å². The van der Waals surface area contributed by atoms with Crippen molar-refractivity contribution < 1.29 is 28.0 Å². The molecular weight excluding hydrogens is 345 g/mol. The minimum atomic E-state index is -1.61. The third-order valence-corrected chi connectivity index (χ3v) is 4.21. The second kappa shape index (κ2) is 8.71. The lowest BCUT2D eigenvalue weighted by Crippen LogP contribution is -2.92. The van der Waals surface area contributed by atoms with E-state index in [4.69, 9.17) is 4.74 Å². The number of methoxy groups -OCH3 is 1. The van der Waals surface area contributed by atoms with Gasteiger partial charge in [0.2, 0.25) is 0 Å². The zero-order valence-corrected chi connectivity index (χ0v) is 14.9. The van der Waals surface area contributed by atoms with Crippen LogP contribution in [0.15, 0.2) is 36.4 Å². The SMILES string of the molecule is CC[C@@H]([NH2+][C@@H](C)C(=O)Nc1ccc(F)c(F)c1F)c1ccc(OC)cc1. The Morgan fingerprint density at radius 3 is 2.35 bits per heavy atom. The Balaban J connectivity index is 2.06. The van der Waals surface area contributed by atoms with Crippen LogP contribution in [0.1, 0.15) is 31.9 Å². The molecular formula is C19H22F3N2O2+. The first-order valence-corrected chi connectivity index (χ1v) is 8.30. The normalized spacial score (nSPS) is 13.2. The number of hydrogen-bond donors (Lipinski definition) is 2. The Bertz CT molecular complexity index is 766. The standard InChI is InChI=1S/C19H21F3N2O2/c1-4-15(12-5-7-13(26-3)8-6-12)23-11(2)19(25)24-16-10-9-14(20)17(21)18(16)22/h5-11,15,23H,4H2,1-3H3,(H,24,25)/p+1/t11-,15+/m0/s1. The van der Waals surface area contributed by atoms with E-state index in [0.29, 0.717) is 0 Å². The van der Waals surface area contributed by atoms with Crippen LogP contribution < -0.4 is 15.4 Å². The van der Waals surface area contributed by atoms with Crippen molar-refractivity contribution in [3.8, 4) is 5.75 Å². The molecule has 0 fully saturated rings. The molecule has 2 atom stereocenters. The summed E-state index contributed by atoms with van der Waals surface area (Å²) < 4.78 is 45.1. The Labute approximate surface area is 150 Å². The average Bonchev–Trinajstić information content (AvgIpc) is 2.66. The summed E-state index contributed by atoms with van der Waals surface area (Å²) in [6.07, 6.45) is 0.767. The van der Waals surface area contributed by atoms with Crippen molar-refractivity contribution in [3.05, 3.63) is 59.4 Å². The van der Waals surface area contributed by atoms with E-state index in [9.17, 15) is 18.0 Å². The monoisotopic (exact) mass is 367 g/mol. The van der Waals surface area contributed by atoms with E-state index >= 15 is 0 Å². The molecule has 0 unspecified atom stereocenters. The van der Waals surface area contributed by atoms with Crippen LogP contribution in [0.3, 0.4) is 0 Å². The van der Waals surface area contributed by atoms with Gasteiger partial charge in [-0.1, -0.05) is 6.92 Å². The van der Waals surface area contributed by atoms with E-state index in [1.165, 1.54) is 0 Å². The van der Waals surface area contributed by atoms with Crippen molar-refractivity contribution >= 4 is 11.6 Å². The average molecular weight is 367 g/mol. The number of hydrogen-bond acceptors (Lipinski definition) is 2. The lowest BCUT2D eigenvalue weighted by atomic mass is 10.0. The maximum atomic E-state index is 13.7. The van der Waals surface area contributed by atoms with Crippen LogP contribution in [0.25, 0.3) is 0 Å². The summed E-state index contributed by atoms with van der Waals surface area (Å²) in [6, 6.07) is 8.74. The molecule has 0 saturated heterocycles. The van der Waals surface area contributed by atoms with Crippen molar-refractivity contribution in [2.75, 3.05) is 12.4 Å². The van der Waals surface area contributed by atoms with Crippen LogP contribution in [0, 0.1) is 17.5 Å². The molecule has 0 saturated carbocycles. The van der Waals surface area contributed by atoms with Crippen LogP contribution in [0.2, 0.25) is 0 Å². The van der Waals surface area contributed by atoms with E-state index < -0.39 is 29.4 Å². The highest BCUT2D eigenvalue weighted by Crippen LogP contribution is 2.20. The van der Waals surface area contributed by atoms with E-state index in [1.54, 1.807) is 14.0 Å². The highest BCUT2D eigenvalue weighted by molar-refractivity contribution is 5.93. The fourth-order valence-corrected chi connectivity index (χ4v) is 2.64. The second-order valence-electron chi connectivity index (χ2n) is 5.98. The summed E-state index contributed by atoms with van der Waals surface area (Å²) >= 11 is 0. The van der Waals surface area contributed by atoms with Crippen molar-refractivity contribution in [1.29, 1.82) is 0 Å². The predicted molar refractivity (Wildman–Crippen MR) is 92.4 cm³/mol. The van der Waals surface area contributed by atoms with Crippen LogP contribution >= 0.6 is 0 Å². The quantitative estimate of drug-likeness (QED) is 0.739. The molecule has 4 nitrogen and oxygen atoms in total. The largest absolute Gasteiger partial charge is 0.497 e. The van der Waals surface area contributed by atoms with Crippen molar-refractivity contribution in [2.24, 2.45) is 0 Å². The number of quaternary nitrogens is 1. The smallest absolute Gasteiger partial charge is 0.282 e. The zero-order chi connectivity index (χ0) is 19.3. The molecule has 0 heterocycles. The Hall–Kier alpha value is -2.54. The number of carbonyl (C=O) groups excluding carboxylic acids is 1. The second-order valence-corrected chi connectivity index (χ2v) is 5.98. The van der Waals surface area contributed by atoms with Crippen LogP contribution in [0.4, 0.5) is 18.9 Å². The maximum Gasteiger partial charge on any atom is 0.282 e. The van der Waals surface area contributed by atoms with Crippen LogP contribution in [-0.2, 0) is 4.79 Å². The number of ether oxygens (including phenoxy) is 1. The molecule has 3 N–H and O–H groups in total. The number of nitrogens with one attached hydrogen (secondary N) is 1. The first kappa shape index (κ1) is 19.8. The number of rotatable bonds is 7. The van der Waals surface area contributed by atoms with Gasteiger partial charge in [-0.3, -0.25) is 4.79 Å². The molecule has 2 aromatic carbocycles. The van der Waals surface area contributed by atoms with Gasteiger partial charge in [0.25, 0.3) is 5.91 Å². The van der Waals surface area contributed by atoms with Crippen molar-refractivity contribution in [3.63, 3.8) is 0 Å². The van der Waals surface area contributed by atoms with Gasteiger partial charge in [-0.15, -0.1) is 0 Å². The Kier molecular flexibility index (Phi) is 6.63. The molecule has 7 heteroatoms. The molecule has 0 aliphatic carbocycles. The molecule has 0 radical (unpaired) electrons. The van der Waals surface area contributed by atoms with Gasteiger partial charge >= 0.3 is 0 Å². The Morgan fingerprint density at radius 2 is 1.77 bits per heavy atom. The molecule has 0 spiro atoms. The molecule has 2 rings (SSSR count). The van der Waals surface area contributed by atoms with Crippen molar-refractivity contribution in [1.82, 2.24) is 0 Å². The molecule has 2 aromatic rings. The molecule has 0 aliphatic heterocycles. The van der Waals surface area contributed by atoms with Gasteiger partial charge in [0.05, 0.1) is 12.8 Å². The van der Waals surface area contributed by atoms with Crippen LogP contribution in [0.5, 0.6) is 5.75 Å². The zero-order valence-electron chi connectivity index (χ0n) is 14.9. The number of carbonyl (C=O) groups is 1. The Morgan fingerprint density at radius 1 is 1.12 bits per heavy atom. The molecule has 0 aliphatic rings. The number of amides is 1. The number of halogens is 3. The number of benzene rings is 2. The van der Waals surface area contributed by atoms with E-state index in [2.05, 4.69) is 5.32 Å². The summed E-state index contributed by atoms with van der Waals surface area (Å²) in [5, 5.41) is 4.15. The highest BCUT2D eigenvalue weighted by atomic mass is 19.2. The fourth-order valence-electron chi connectivity index (χ4n) is 2.64. The van der Waals surface area contributed by atoms with Gasteiger partial charge in [-0.05, 0) is 43.3 Å². The maximum absolute atomic E-state index is 13.7. The van der Waals surface area contributed by atoms with E-state index in [0.717, 1.165) is 29.9 Å². The van der Waals surface area contributed by atoms with Gasteiger partial charge in [-0.25, -0.2) is 13.2 Å². The minimum absolute atomic E-state index is 0.0106. The number of anilines is 1. The lowest BCUT2D eigenvalue weighted by Gasteiger charge is -2.19. The van der Waals surface area contributed by atoms with Gasteiger partial charge in [0, 0.05) is 12.0 Å². The highest BCUT2D eigenvalue weighted by Gasteiger charge is 2.24. The third-order valence-electron chi connectivity index (χ3n) is 4.21. The molecule has 0 aromatic heterocycles. The molecule has 0 bridgehead atoms. The summed E-state index contributed by atoms with van der Waals surface area (Å²) in [6.45, 7) is 3.66. The summed E-state index contributed by atoms with van der Waals surface area (Å²) in [5.41, 5.74) is 0.638. The van der Waals surface area contributed by atoms with Gasteiger partial charge < -0.3 is 15.4 Å². The molecule has 1 amide bonds. The lowest BCUT2D eigenvalue weighted by molar-refractivity contribution is -0.713. The third kappa shape index (κ3) is 4.54. The first-order chi connectivity index (χ1) is 12.4. The first-order valence-electron chi connectivity index (χ1n) is 8.30. The summed E-state index contributed by atoms with van der Waals surface area (Å²) in [4.78, 5) is 12.3. The summed E-state index contributed by atoms with van der Waals surface area (Å²) in [7, 11) is 1.59. The topological polar surface area (TPSA) is 54.9 Å². The van der Waals surface area contributed by atoms with Crippen molar-refractivity contribution in [2.45, 2.75) is 32.4 Å². The molecule has 140 valence electrons. The predicted octanol–water partition coefficient (Wildman–Crippen LogP) is 3.15. The van der Waals surface area contributed by atoms with E-state index in [1.807, 2.05) is 36.5 Å². The van der Waals surface area contributed by atoms with Gasteiger partial charge in [0.1, 0.15) is 11.8 Å². The fraction of sp³-hybridized carbons (Fsp3) is 0.316. The molecule has 26 heavy (non-hydrogen) atoms. The van der Waals surface area contributed by atoms with Gasteiger partial charge in [0.15, 0.2) is 23.5 Å². The number of nitrogens with two attached hydrogens (primary N) is 1.